The molecule has 0 bridgehead atoms. The third-order valence-corrected chi connectivity index (χ3v) is 2.45. The normalized spacial score (nSPS) is 10.4. The molecule has 0 spiro atoms. The lowest BCUT2D eigenvalue weighted by Crippen LogP contribution is -2.08. The summed E-state index contributed by atoms with van der Waals surface area (Å²) in [6.07, 6.45) is 5.70. The van der Waals surface area contributed by atoms with Crippen LogP contribution in [0.3, 0.4) is 0 Å². The Kier molecular flexibility index (Phi) is 3.51. The van der Waals surface area contributed by atoms with E-state index in [4.69, 9.17) is 0 Å². The second-order valence-electron chi connectivity index (χ2n) is 3.20. The van der Waals surface area contributed by atoms with Crippen molar-refractivity contribution in [1.82, 2.24) is 15.0 Å². The number of nitrogens with zero attached hydrogens (tertiary/aromatic N) is 2. The molecule has 0 radical (unpaired) electrons. The van der Waals surface area contributed by atoms with Crippen molar-refractivity contribution in [1.29, 1.82) is 0 Å². The number of aromatic amines is 1. The predicted octanol–water partition coefficient (Wildman–Crippen LogP) is 2.36. The van der Waals surface area contributed by atoms with Gasteiger partial charge >= 0.3 is 0 Å². The Bertz CT molecular complexity index is 458. The molecule has 2 heterocycles. The van der Waals surface area contributed by atoms with Gasteiger partial charge in [-0.1, -0.05) is 0 Å². The summed E-state index contributed by atoms with van der Waals surface area (Å²) in [4.78, 5) is 11.0. The summed E-state index contributed by atoms with van der Waals surface area (Å²) >= 11 is 3.15. The summed E-state index contributed by atoms with van der Waals surface area (Å²) in [5.41, 5.74) is 0. The van der Waals surface area contributed by atoms with Crippen LogP contribution in [-0.2, 0) is 6.42 Å². The van der Waals surface area contributed by atoms with Gasteiger partial charge in [-0.3, -0.25) is 0 Å². The van der Waals surface area contributed by atoms with Crippen LogP contribution in [0.2, 0.25) is 0 Å². The highest BCUT2D eigenvalue weighted by atomic mass is 79.9. The first kappa shape index (κ1) is 11.1. The smallest absolute Gasteiger partial charge is 0.166 e. The van der Waals surface area contributed by atoms with Gasteiger partial charge in [0.05, 0.1) is 0 Å². The third-order valence-electron chi connectivity index (χ3n) is 2.02. The molecule has 0 aliphatic carbocycles. The molecule has 4 nitrogen and oxygen atoms in total. The maximum atomic E-state index is 13.3. The van der Waals surface area contributed by atoms with Gasteiger partial charge in [-0.05, 0) is 22.0 Å². The van der Waals surface area contributed by atoms with E-state index in [1.54, 1.807) is 18.6 Å². The van der Waals surface area contributed by atoms with Crippen LogP contribution in [0.4, 0.5) is 10.2 Å². The zero-order chi connectivity index (χ0) is 11.4. The van der Waals surface area contributed by atoms with Crippen molar-refractivity contribution in [2.75, 3.05) is 11.9 Å². The third kappa shape index (κ3) is 2.79. The molecular formula is C10H10BrFN4. The van der Waals surface area contributed by atoms with Crippen molar-refractivity contribution in [2.45, 2.75) is 6.42 Å². The molecule has 0 unspecified atom stereocenters. The number of imidazole rings is 1. The van der Waals surface area contributed by atoms with Crippen molar-refractivity contribution in [3.8, 4) is 0 Å². The number of H-pyrrole nitrogens is 1. The van der Waals surface area contributed by atoms with Crippen LogP contribution < -0.4 is 5.32 Å². The molecule has 2 aromatic heterocycles. The second-order valence-corrected chi connectivity index (χ2v) is 4.11. The van der Waals surface area contributed by atoms with E-state index in [-0.39, 0.29) is 11.6 Å². The Labute approximate surface area is 100 Å². The lowest BCUT2D eigenvalue weighted by Gasteiger charge is -2.05. The Morgan fingerprint density at radius 2 is 2.31 bits per heavy atom. The molecule has 2 N–H and O–H groups in total. The lowest BCUT2D eigenvalue weighted by atomic mass is 10.4. The number of hydrogen-bond donors (Lipinski definition) is 2. The summed E-state index contributed by atoms with van der Waals surface area (Å²) in [6, 6.07) is 1.38. The zero-order valence-electron chi connectivity index (χ0n) is 8.37. The van der Waals surface area contributed by atoms with Crippen molar-refractivity contribution < 1.29 is 4.39 Å². The fourth-order valence-corrected chi connectivity index (χ4v) is 1.58. The topological polar surface area (TPSA) is 53.6 Å². The van der Waals surface area contributed by atoms with Gasteiger partial charge in [0.15, 0.2) is 11.6 Å². The molecule has 0 aliphatic rings. The SMILES string of the molecule is Fc1cc(Br)cnc1NCCc1ncc[nH]1. The summed E-state index contributed by atoms with van der Waals surface area (Å²) in [7, 11) is 0. The van der Waals surface area contributed by atoms with Gasteiger partial charge in [0.25, 0.3) is 0 Å². The standard InChI is InChI=1S/C10H10BrFN4/c11-7-5-8(12)10(16-6-7)15-2-1-9-13-3-4-14-9/h3-6H,1-2H2,(H,13,14)(H,15,16). The average Bonchev–Trinajstić information content (AvgIpc) is 2.74. The molecule has 16 heavy (non-hydrogen) atoms. The number of nitrogens with one attached hydrogen (secondary N) is 2. The monoisotopic (exact) mass is 284 g/mol. The molecule has 0 amide bonds. The molecule has 0 fully saturated rings. The van der Waals surface area contributed by atoms with Crippen molar-refractivity contribution >= 4 is 21.7 Å². The molecule has 84 valence electrons. The molecule has 0 atom stereocenters. The Balaban J connectivity index is 1.90. The van der Waals surface area contributed by atoms with E-state index in [0.717, 1.165) is 5.82 Å². The number of aromatic nitrogens is 3. The Morgan fingerprint density at radius 1 is 1.44 bits per heavy atom. The number of rotatable bonds is 4. The van der Waals surface area contributed by atoms with E-state index < -0.39 is 0 Å². The first-order chi connectivity index (χ1) is 7.75. The first-order valence-electron chi connectivity index (χ1n) is 4.79. The van der Waals surface area contributed by atoms with E-state index >= 15 is 0 Å². The molecule has 0 aliphatic heterocycles. The number of anilines is 1. The summed E-state index contributed by atoms with van der Waals surface area (Å²) in [6.45, 7) is 0.582. The van der Waals surface area contributed by atoms with Gasteiger partial charge in [-0.2, -0.15) is 0 Å². The average molecular weight is 285 g/mol. The van der Waals surface area contributed by atoms with Gasteiger partial charge in [-0.15, -0.1) is 0 Å². The lowest BCUT2D eigenvalue weighted by molar-refractivity contribution is 0.623. The molecule has 0 saturated heterocycles. The molecule has 2 aromatic rings. The minimum Gasteiger partial charge on any atom is -0.367 e. The first-order valence-corrected chi connectivity index (χ1v) is 5.58. The van der Waals surface area contributed by atoms with Gasteiger partial charge in [0.2, 0.25) is 0 Å². The second kappa shape index (κ2) is 5.07. The summed E-state index contributed by atoms with van der Waals surface area (Å²) in [5, 5.41) is 2.91. The maximum Gasteiger partial charge on any atom is 0.166 e. The van der Waals surface area contributed by atoms with Crippen LogP contribution >= 0.6 is 15.9 Å². The highest BCUT2D eigenvalue weighted by Crippen LogP contribution is 2.15. The fourth-order valence-electron chi connectivity index (χ4n) is 1.28. The van der Waals surface area contributed by atoms with Crippen LogP contribution in [0.25, 0.3) is 0 Å². The van der Waals surface area contributed by atoms with Crippen LogP contribution in [0.1, 0.15) is 5.82 Å². The van der Waals surface area contributed by atoms with E-state index in [1.165, 1.54) is 6.07 Å². The minimum atomic E-state index is -0.367. The largest absolute Gasteiger partial charge is 0.367 e. The quantitative estimate of drug-likeness (QED) is 0.906. The molecule has 6 heteroatoms. The van der Waals surface area contributed by atoms with Crippen LogP contribution in [-0.4, -0.2) is 21.5 Å². The van der Waals surface area contributed by atoms with Crippen LogP contribution in [0, 0.1) is 5.82 Å². The minimum absolute atomic E-state index is 0.259. The Morgan fingerprint density at radius 3 is 3.00 bits per heavy atom. The molecular weight excluding hydrogens is 275 g/mol. The van der Waals surface area contributed by atoms with E-state index in [9.17, 15) is 4.39 Å². The highest BCUT2D eigenvalue weighted by molar-refractivity contribution is 9.10. The van der Waals surface area contributed by atoms with Gasteiger partial charge in [0.1, 0.15) is 5.82 Å². The van der Waals surface area contributed by atoms with E-state index in [1.807, 2.05) is 0 Å². The van der Waals surface area contributed by atoms with Crippen molar-refractivity contribution in [3.05, 3.63) is 40.8 Å². The fraction of sp³-hybridized carbons (Fsp3) is 0.200. The number of hydrogen-bond acceptors (Lipinski definition) is 3. The number of pyridine rings is 1. The van der Waals surface area contributed by atoms with Crippen molar-refractivity contribution in [3.63, 3.8) is 0 Å². The molecule has 0 saturated carbocycles. The van der Waals surface area contributed by atoms with Crippen molar-refractivity contribution in [2.24, 2.45) is 0 Å². The molecule has 0 aromatic carbocycles. The van der Waals surface area contributed by atoms with E-state index in [2.05, 4.69) is 36.2 Å². The van der Waals surface area contributed by atoms with Crippen LogP contribution in [0.15, 0.2) is 29.1 Å². The zero-order valence-corrected chi connectivity index (χ0v) is 9.96. The van der Waals surface area contributed by atoms with E-state index in [0.29, 0.717) is 17.4 Å². The number of halogens is 2. The summed E-state index contributed by atoms with van der Waals surface area (Å²) < 4.78 is 14.0. The maximum absolute atomic E-state index is 13.3. The highest BCUT2D eigenvalue weighted by Gasteiger charge is 2.03. The molecule has 2 rings (SSSR count). The van der Waals surface area contributed by atoms with Gasteiger partial charge in [-0.25, -0.2) is 14.4 Å². The van der Waals surface area contributed by atoms with Gasteiger partial charge < -0.3 is 10.3 Å². The van der Waals surface area contributed by atoms with Gasteiger partial charge in [0, 0.05) is 36.0 Å². The summed E-state index contributed by atoms with van der Waals surface area (Å²) in [5.74, 6) is 0.758. The Hall–Kier alpha value is -1.43. The van der Waals surface area contributed by atoms with Crippen LogP contribution in [0.5, 0.6) is 0 Å². The predicted molar refractivity (Wildman–Crippen MR) is 62.7 cm³/mol.